The van der Waals surface area contributed by atoms with Crippen LogP contribution in [-0.2, 0) is 27.5 Å². The maximum absolute atomic E-state index is 12.5. The van der Waals surface area contributed by atoms with Crippen molar-refractivity contribution in [3.05, 3.63) is 71.8 Å². The molecule has 136 valence electrons. The first-order chi connectivity index (χ1) is 12.5. The van der Waals surface area contributed by atoms with E-state index in [0.29, 0.717) is 5.56 Å². The number of carboxylic acids is 2. The summed E-state index contributed by atoms with van der Waals surface area (Å²) in [5.74, 6) is -2.72. The number of carbonyl (C=O) groups is 3. The molecule has 0 heterocycles. The molecule has 0 aliphatic carbocycles. The fourth-order valence-electron chi connectivity index (χ4n) is 2.38. The minimum atomic E-state index is -1.53. The summed E-state index contributed by atoms with van der Waals surface area (Å²) in [5.41, 5.74) is 1.41. The molecule has 0 unspecified atom stereocenters. The number of amides is 1. The molecule has 2 aromatic rings. The molecule has 0 aliphatic rings. The Balaban J connectivity index is 2.18. The Labute approximate surface area is 150 Å². The van der Waals surface area contributed by atoms with Gasteiger partial charge >= 0.3 is 18.0 Å². The maximum Gasteiger partial charge on any atom is 0.411 e. The second kappa shape index (κ2) is 9.22. The van der Waals surface area contributed by atoms with E-state index in [2.05, 4.69) is 0 Å². The molecule has 7 nitrogen and oxygen atoms in total. The van der Waals surface area contributed by atoms with Gasteiger partial charge in [-0.15, -0.1) is 0 Å². The van der Waals surface area contributed by atoms with Crippen molar-refractivity contribution in [3.63, 3.8) is 0 Å². The fourth-order valence-corrected chi connectivity index (χ4v) is 2.38. The zero-order valence-electron chi connectivity index (χ0n) is 13.9. The summed E-state index contributed by atoms with van der Waals surface area (Å²) in [7, 11) is 0. The van der Waals surface area contributed by atoms with Crippen LogP contribution < -0.4 is 0 Å². The molecule has 0 aromatic heterocycles. The number of carboxylic acid groups (broad SMARTS) is 2. The van der Waals surface area contributed by atoms with Crippen molar-refractivity contribution in [2.45, 2.75) is 25.6 Å². The predicted octanol–water partition coefficient (Wildman–Crippen LogP) is 2.75. The molecule has 7 heteroatoms. The highest BCUT2D eigenvalue weighted by atomic mass is 16.6. The third kappa shape index (κ3) is 5.62. The van der Waals surface area contributed by atoms with E-state index in [1.54, 1.807) is 54.6 Å². The molecular weight excluding hydrogens is 338 g/mol. The molecule has 0 fully saturated rings. The van der Waals surface area contributed by atoms with Gasteiger partial charge in [0.1, 0.15) is 12.6 Å². The molecule has 26 heavy (non-hydrogen) atoms. The second-order valence-electron chi connectivity index (χ2n) is 5.61. The number of benzene rings is 2. The zero-order valence-corrected chi connectivity index (χ0v) is 13.9. The van der Waals surface area contributed by atoms with Crippen molar-refractivity contribution in [3.8, 4) is 0 Å². The molecule has 1 amide bonds. The molecule has 0 saturated heterocycles. The van der Waals surface area contributed by atoms with Crippen molar-refractivity contribution in [2.24, 2.45) is 0 Å². The van der Waals surface area contributed by atoms with E-state index in [0.717, 1.165) is 10.5 Å². The van der Waals surface area contributed by atoms with Crippen molar-refractivity contribution < 1.29 is 29.3 Å². The van der Waals surface area contributed by atoms with Gasteiger partial charge in [-0.25, -0.2) is 9.59 Å². The van der Waals surface area contributed by atoms with E-state index in [1.807, 2.05) is 6.07 Å². The number of hydrogen-bond acceptors (Lipinski definition) is 4. The molecular formula is C19H19NO6. The maximum atomic E-state index is 12.5. The van der Waals surface area contributed by atoms with Crippen LogP contribution in [0.1, 0.15) is 17.5 Å². The number of aliphatic carboxylic acids is 2. The molecule has 2 N–H and O–H groups in total. The van der Waals surface area contributed by atoms with Crippen LogP contribution in [0.5, 0.6) is 0 Å². The van der Waals surface area contributed by atoms with Crippen LogP contribution in [0.2, 0.25) is 0 Å². The van der Waals surface area contributed by atoms with Gasteiger partial charge in [0.2, 0.25) is 0 Å². The van der Waals surface area contributed by atoms with E-state index in [9.17, 15) is 19.5 Å². The van der Waals surface area contributed by atoms with Crippen molar-refractivity contribution in [1.82, 2.24) is 4.90 Å². The number of ether oxygens (including phenoxy) is 1. The van der Waals surface area contributed by atoms with Crippen LogP contribution in [0.4, 0.5) is 4.79 Å². The highest BCUT2D eigenvalue weighted by molar-refractivity contribution is 5.84. The monoisotopic (exact) mass is 357 g/mol. The van der Waals surface area contributed by atoms with Crippen LogP contribution in [0.15, 0.2) is 60.7 Å². The zero-order chi connectivity index (χ0) is 18.9. The molecule has 0 radical (unpaired) electrons. The van der Waals surface area contributed by atoms with E-state index in [4.69, 9.17) is 9.84 Å². The average Bonchev–Trinajstić information content (AvgIpc) is 2.64. The van der Waals surface area contributed by atoms with Gasteiger partial charge in [-0.2, -0.15) is 0 Å². The molecule has 2 rings (SSSR count). The van der Waals surface area contributed by atoms with Crippen molar-refractivity contribution in [2.75, 3.05) is 0 Å². The Morgan fingerprint density at radius 3 is 1.92 bits per heavy atom. The number of carbonyl (C=O) groups excluding carboxylic acids is 1. The van der Waals surface area contributed by atoms with Crippen LogP contribution in [0.3, 0.4) is 0 Å². The number of hydrogen-bond donors (Lipinski definition) is 2. The van der Waals surface area contributed by atoms with E-state index < -0.39 is 30.5 Å². The van der Waals surface area contributed by atoms with Gasteiger partial charge in [0.15, 0.2) is 0 Å². The quantitative estimate of drug-likeness (QED) is 0.753. The first-order valence-electron chi connectivity index (χ1n) is 7.93. The third-order valence-corrected chi connectivity index (χ3v) is 3.66. The topological polar surface area (TPSA) is 104 Å². The van der Waals surface area contributed by atoms with Crippen molar-refractivity contribution in [1.29, 1.82) is 0 Å². The van der Waals surface area contributed by atoms with E-state index in [-0.39, 0.29) is 13.2 Å². The Morgan fingerprint density at radius 2 is 1.42 bits per heavy atom. The summed E-state index contributed by atoms with van der Waals surface area (Å²) in [4.78, 5) is 36.0. The lowest BCUT2D eigenvalue weighted by molar-refractivity contribution is -0.149. The van der Waals surface area contributed by atoms with Gasteiger partial charge < -0.3 is 14.9 Å². The number of nitrogens with zero attached hydrogens (tertiary/aromatic N) is 1. The minimum Gasteiger partial charge on any atom is -0.481 e. The lowest BCUT2D eigenvalue weighted by Gasteiger charge is -2.27. The second-order valence-corrected chi connectivity index (χ2v) is 5.61. The molecule has 0 saturated carbocycles. The highest BCUT2D eigenvalue weighted by Gasteiger charge is 2.33. The summed E-state index contributed by atoms with van der Waals surface area (Å²) in [5, 5.41) is 18.4. The summed E-state index contributed by atoms with van der Waals surface area (Å²) in [6, 6.07) is 16.1. The molecule has 0 spiro atoms. The smallest absolute Gasteiger partial charge is 0.411 e. The molecule has 0 bridgehead atoms. The molecule has 2 aromatic carbocycles. The van der Waals surface area contributed by atoms with Gasteiger partial charge in [0.25, 0.3) is 0 Å². The third-order valence-electron chi connectivity index (χ3n) is 3.66. The van der Waals surface area contributed by atoms with Gasteiger partial charge in [-0.1, -0.05) is 60.7 Å². The van der Waals surface area contributed by atoms with Gasteiger partial charge in [-0.05, 0) is 11.1 Å². The Kier molecular flexibility index (Phi) is 6.73. The normalized spacial score (nSPS) is 11.4. The van der Waals surface area contributed by atoms with Crippen LogP contribution >= 0.6 is 0 Å². The van der Waals surface area contributed by atoms with Crippen LogP contribution in [-0.4, -0.2) is 39.2 Å². The lowest BCUT2D eigenvalue weighted by Crippen LogP contribution is -2.46. The predicted molar refractivity (Wildman–Crippen MR) is 92.3 cm³/mol. The van der Waals surface area contributed by atoms with Gasteiger partial charge in [0.05, 0.1) is 6.42 Å². The summed E-state index contributed by atoms with van der Waals surface area (Å²) >= 11 is 0. The highest BCUT2D eigenvalue weighted by Crippen LogP contribution is 2.15. The van der Waals surface area contributed by atoms with Gasteiger partial charge in [-0.3, -0.25) is 9.69 Å². The first-order valence-corrected chi connectivity index (χ1v) is 7.93. The first kappa shape index (κ1) is 19.0. The van der Waals surface area contributed by atoms with E-state index in [1.165, 1.54) is 0 Å². The summed E-state index contributed by atoms with van der Waals surface area (Å²) in [6.07, 6.45) is -1.60. The van der Waals surface area contributed by atoms with Gasteiger partial charge in [0, 0.05) is 6.54 Å². The Bertz CT molecular complexity index is 747. The fraction of sp³-hybridized carbons (Fsp3) is 0.211. The van der Waals surface area contributed by atoms with E-state index >= 15 is 0 Å². The van der Waals surface area contributed by atoms with Crippen LogP contribution in [0, 0.1) is 0 Å². The standard InChI is InChI=1S/C19H19NO6/c21-17(22)11-16(18(23)24)20(12-14-7-3-1-4-8-14)19(25)26-13-15-9-5-2-6-10-15/h1-10,16H,11-13H2,(H,21,22)(H,23,24)/t16-/m0/s1. The molecule has 0 aliphatic heterocycles. The summed E-state index contributed by atoms with van der Waals surface area (Å²) < 4.78 is 5.21. The van der Waals surface area contributed by atoms with Crippen LogP contribution in [0.25, 0.3) is 0 Å². The van der Waals surface area contributed by atoms with Crippen molar-refractivity contribution >= 4 is 18.0 Å². The largest absolute Gasteiger partial charge is 0.481 e. The minimum absolute atomic E-state index is 0.0373. The Hall–Kier alpha value is -3.35. The number of rotatable bonds is 8. The average molecular weight is 357 g/mol. The Morgan fingerprint density at radius 1 is 0.885 bits per heavy atom. The summed E-state index contributed by atoms with van der Waals surface area (Å²) in [6.45, 7) is -0.108. The SMILES string of the molecule is O=C(O)C[C@@H](C(=O)O)N(Cc1ccccc1)C(=O)OCc1ccccc1. The lowest BCUT2D eigenvalue weighted by atomic mass is 10.1. The molecule has 1 atom stereocenters.